The first kappa shape index (κ1) is 20.9. The lowest BCUT2D eigenvalue weighted by Crippen LogP contribution is -2.38. The molecule has 27 heavy (non-hydrogen) atoms. The highest BCUT2D eigenvalue weighted by Crippen LogP contribution is 2.23. The number of aliphatic hydroxyl groups is 1. The zero-order valence-electron chi connectivity index (χ0n) is 15.7. The Hall–Kier alpha value is -2.42. The van der Waals surface area contributed by atoms with Gasteiger partial charge in [0.05, 0.1) is 17.2 Å². The van der Waals surface area contributed by atoms with E-state index in [0.717, 1.165) is 5.56 Å². The van der Waals surface area contributed by atoms with Crippen molar-refractivity contribution < 1.29 is 27.3 Å². The van der Waals surface area contributed by atoms with E-state index >= 15 is 0 Å². The SMILES string of the molecule is Cc1ccc(S(=O)(=O)ON(C(=O)OC(C)(C)C)c2ccc(CO)cc2)cc1. The first-order valence-electron chi connectivity index (χ1n) is 8.26. The molecule has 0 atom stereocenters. The lowest BCUT2D eigenvalue weighted by Gasteiger charge is -2.26. The van der Waals surface area contributed by atoms with E-state index in [9.17, 15) is 13.2 Å². The molecule has 146 valence electrons. The van der Waals surface area contributed by atoms with Crippen molar-refractivity contribution in [1.82, 2.24) is 0 Å². The summed E-state index contributed by atoms with van der Waals surface area (Å²) in [7, 11) is -4.26. The fourth-order valence-corrected chi connectivity index (χ4v) is 2.96. The van der Waals surface area contributed by atoms with Gasteiger partial charge in [0.15, 0.2) is 0 Å². The number of hydroxylamine groups is 1. The van der Waals surface area contributed by atoms with E-state index in [1.165, 1.54) is 24.3 Å². The number of amides is 1. The summed E-state index contributed by atoms with van der Waals surface area (Å²) in [5.74, 6) is 0. The molecule has 0 saturated heterocycles. The van der Waals surface area contributed by atoms with Crippen LogP contribution in [0.15, 0.2) is 53.4 Å². The quantitative estimate of drug-likeness (QED) is 0.781. The molecule has 2 rings (SSSR count). The normalized spacial score (nSPS) is 11.9. The minimum atomic E-state index is -4.26. The van der Waals surface area contributed by atoms with Gasteiger partial charge in [0, 0.05) is 0 Å². The molecule has 0 radical (unpaired) electrons. The van der Waals surface area contributed by atoms with Gasteiger partial charge < -0.3 is 9.84 Å². The summed E-state index contributed by atoms with van der Waals surface area (Å²) in [6.45, 7) is 6.62. The Morgan fingerprint density at radius 1 is 1.04 bits per heavy atom. The Kier molecular flexibility index (Phi) is 6.25. The van der Waals surface area contributed by atoms with E-state index in [1.54, 1.807) is 45.0 Å². The van der Waals surface area contributed by atoms with Crippen LogP contribution in [0.2, 0.25) is 0 Å². The fourth-order valence-electron chi connectivity index (χ4n) is 2.07. The van der Waals surface area contributed by atoms with Crippen LogP contribution in [0.4, 0.5) is 10.5 Å². The molecular weight excluding hydrogens is 370 g/mol. The largest absolute Gasteiger partial charge is 0.442 e. The van der Waals surface area contributed by atoms with Crippen molar-refractivity contribution >= 4 is 21.9 Å². The first-order chi connectivity index (χ1) is 12.5. The monoisotopic (exact) mass is 393 g/mol. The average Bonchev–Trinajstić information content (AvgIpc) is 2.59. The Morgan fingerprint density at radius 3 is 2.07 bits per heavy atom. The van der Waals surface area contributed by atoms with Gasteiger partial charge >= 0.3 is 16.2 Å². The minimum absolute atomic E-state index is 0.0892. The molecule has 0 aliphatic rings. The topological polar surface area (TPSA) is 93.1 Å². The highest BCUT2D eigenvalue weighted by atomic mass is 32.2. The summed E-state index contributed by atoms with van der Waals surface area (Å²) >= 11 is 0. The van der Waals surface area contributed by atoms with E-state index in [0.29, 0.717) is 10.6 Å². The molecule has 7 nitrogen and oxygen atoms in total. The van der Waals surface area contributed by atoms with E-state index in [-0.39, 0.29) is 17.2 Å². The van der Waals surface area contributed by atoms with Gasteiger partial charge in [-0.05, 0) is 57.5 Å². The van der Waals surface area contributed by atoms with Gasteiger partial charge in [-0.3, -0.25) is 0 Å². The van der Waals surface area contributed by atoms with Crippen LogP contribution >= 0.6 is 0 Å². The van der Waals surface area contributed by atoms with Crippen LogP contribution in [0.5, 0.6) is 0 Å². The summed E-state index contributed by atoms with van der Waals surface area (Å²) in [6, 6.07) is 12.1. The van der Waals surface area contributed by atoms with Crippen LogP contribution in [0, 0.1) is 6.92 Å². The summed E-state index contributed by atoms with van der Waals surface area (Å²) < 4.78 is 35.6. The predicted molar refractivity (Wildman–Crippen MR) is 101 cm³/mol. The summed E-state index contributed by atoms with van der Waals surface area (Å²) in [6.07, 6.45) is -0.977. The van der Waals surface area contributed by atoms with Crippen molar-refractivity contribution in [3.63, 3.8) is 0 Å². The average molecular weight is 393 g/mol. The van der Waals surface area contributed by atoms with Gasteiger partial charge in [-0.25, -0.2) is 4.79 Å². The number of carbonyl (C=O) groups excluding carboxylic acids is 1. The first-order valence-corrected chi connectivity index (χ1v) is 9.67. The molecule has 0 saturated carbocycles. The van der Waals surface area contributed by atoms with Crippen LogP contribution in [0.1, 0.15) is 31.9 Å². The van der Waals surface area contributed by atoms with E-state index in [2.05, 4.69) is 0 Å². The highest BCUT2D eigenvalue weighted by Gasteiger charge is 2.30. The number of rotatable bonds is 5. The van der Waals surface area contributed by atoms with Crippen molar-refractivity contribution in [2.24, 2.45) is 0 Å². The van der Waals surface area contributed by atoms with Gasteiger partial charge in [-0.15, -0.1) is 9.35 Å². The molecule has 0 aromatic heterocycles. The van der Waals surface area contributed by atoms with E-state index < -0.39 is 21.8 Å². The number of hydrogen-bond acceptors (Lipinski definition) is 6. The second-order valence-electron chi connectivity index (χ2n) is 6.94. The molecule has 2 aromatic carbocycles. The van der Waals surface area contributed by atoms with Gasteiger partial charge in [-0.1, -0.05) is 29.8 Å². The predicted octanol–water partition coefficient (Wildman–Crippen LogP) is 3.55. The number of aliphatic hydroxyl groups excluding tert-OH is 1. The zero-order valence-corrected chi connectivity index (χ0v) is 16.5. The Balaban J connectivity index is 2.38. The number of nitrogens with zero attached hydrogens (tertiary/aromatic N) is 1. The molecule has 0 heterocycles. The van der Waals surface area contributed by atoms with Gasteiger partial charge in [0.1, 0.15) is 5.60 Å². The number of hydrogen-bond donors (Lipinski definition) is 1. The summed E-state index contributed by atoms with van der Waals surface area (Å²) in [5, 5.41) is 9.74. The Labute approximate surface area is 159 Å². The Bertz CT molecular complexity index is 883. The van der Waals surface area contributed by atoms with Crippen molar-refractivity contribution in [3.8, 4) is 0 Å². The number of anilines is 1. The fraction of sp³-hybridized carbons (Fsp3) is 0.316. The maximum Gasteiger partial charge on any atom is 0.440 e. The van der Waals surface area contributed by atoms with Crippen molar-refractivity contribution in [3.05, 3.63) is 59.7 Å². The van der Waals surface area contributed by atoms with Crippen LogP contribution in [0.3, 0.4) is 0 Å². The molecule has 0 spiro atoms. The molecule has 0 bridgehead atoms. The Morgan fingerprint density at radius 2 is 1.59 bits per heavy atom. The number of ether oxygens (including phenoxy) is 1. The number of aryl methyl sites for hydroxylation is 1. The van der Waals surface area contributed by atoms with Crippen LogP contribution in [-0.4, -0.2) is 25.2 Å². The van der Waals surface area contributed by atoms with Crippen molar-refractivity contribution in [2.45, 2.75) is 44.8 Å². The zero-order chi connectivity index (χ0) is 20.2. The van der Waals surface area contributed by atoms with Crippen LogP contribution in [0.25, 0.3) is 0 Å². The molecule has 1 amide bonds. The standard InChI is InChI=1S/C19H23NO6S/c1-14-5-11-17(12-6-14)27(23,24)26-20(18(22)25-19(2,3)4)16-9-7-15(13-21)8-10-16/h5-12,21H,13H2,1-4H3. The molecule has 1 N–H and O–H groups in total. The lowest BCUT2D eigenvalue weighted by molar-refractivity contribution is 0.0444. The van der Waals surface area contributed by atoms with Crippen molar-refractivity contribution in [1.29, 1.82) is 0 Å². The van der Waals surface area contributed by atoms with Gasteiger partial charge in [-0.2, -0.15) is 8.42 Å². The molecule has 0 aliphatic heterocycles. The summed E-state index contributed by atoms with van der Waals surface area (Å²) in [4.78, 5) is 12.5. The second-order valence-corrected chi connectivity index (χ2v) is 8.47. The molecule has 0 fully saturated rings. The third-order valence-corrected chi connectivity index (χ3v) is 4.59. The maximum absolute atomic E-state index is 12.6. The highest BCUT2D eigenvalue weighted by molar-refractivity contribution is 7.86. The summed E-state index contributed by atoms with van der Waals surface area (Å²) in [5.41, 5.74) is 0.788. The van der Waals surface area contributed by atoms with E-state index in [4.69, 9.17) is 14.1 Å². The molecular formula is C19H23NO6S. The van der Waals surface area contributed by atoms with E-state index in [1.807, 2.05) is 6.92 Å². The number of benzene rings is 2. The third-order valence-electron chi connectivity index (χ3n) is 3.40. The maximum atomic E-state index is 12.6. The molecule has 8 heteroatoms. The number of carbonyl (C=O) groups is 1. The molecule has 2 aromatic rings. The minimum Gasteiger partial charge on any atom is -0.442 e. The third kappa shape index (κ3) is 5.78. The van der Waals surface area contributed by atoms with Crippen LogP contribution < -0.4 is 5.06 Å². The van der Waals surface area contributed by atoms with Gasteiger partial charge in [0.25, 0.3) is 0 Å². The second kappa shape index (κ2) is 8.08. The van der Waals surface area contributed by atoms with Crippen molar-refractivity contribution in [2.75, 3.05) is 5.06 Å². The van der Waals surface area contributed by atoms with Gasteiger partial charge in [0.2, 0.25) is 0 Å². The smallest absolute Gasteiger partial charge is 0.440 e. The van der Waals surface area contributed by atoms with Crippen LogP contribution in [-0.2, 0) is 25.7 Å². The molecule has 0 aliphatic carbocycles. The lowest BCUT2D eigenvalue weighted by atomic mass is 10.2. The molecule has 0 unspecified atom stereocenters.